The van der Waals surface area contributed by atoms with Crippen LogP contribution in [0.25, 0.3) is 0 Å². The van der Waals surface area contributed by atoms with E-state index in [1.165, 1.54) is 12.1 Å². The highest BCUT2D eigenvalue weighted by Gasteiger charge is 2.28. The highest BCUT2D eigenvalue weighted by Crippen LogP contribution is 2.16. The molecule has 2 N–H and O–H groups in total. The number of carbonyl (C=O) groups is 2. The predicted molar refractivity (Wildman–Crippen MR) is 97.3 cm³/mol. The molecule has 0 bridgehead atoms. The summed E-state index contributed by atoms with van der Waals surface area (Å²) >= 11 is 3.24. The van der Waals surface area contributed by atoms with Crippen LogP contribution in [-0.2, 0) is 24.3 Å². The normalized spacial score (nSPS) is 12.9. The van der Waals surface area contributed by atoms with Crippen LogP contribution in [-0.4, -0.2) is 39.0 Å². The zero-order valence-corrected chi connectivity index (χ0v) is 17.0. The highest BCUT2D eigenvalue weighted by atomic mass is 79.9. The van der Waals surface area contributed by atoms with E-state index in [2.05, 4.69) is 26.0 Å². The summed E-state index contributed by atoms with van der Waals surface area (Å²) in [6.45, 7) is 6.49. The minimum Gasteiger partial charge on any atom is -0.462 e. The van der Waals surface area contributed by atoms with Crippen LogP contribution in [0.4, 0.5) is 0 Å². The Hall–Kier alpha value is -1.45. The first-order chi connectivity index (χ1) is 11.5. The van der Waals surface area contributed by atoms with Crippen molar-refractivity contribution >= 4 is 37.8 Å². The van der Waals surface area contributed by atoms with Crippen LogP contribution in [0.1, 0.15) is 27.7 Å². The monoisotopic (exact) mass is 434 g/mol. The van der Waals surface area contributed by atoms with Crippen molar-refractivity contribution in [2.45, 2.75) is 44.7 Å². The van der Waals surface area contributed by atoms with Crippen LogP contribution in [0.5, 0.6) is 0 Å². The second kappa shape index (κ2) is 9.30. The van der Waals surface area contributed by atoms with Gasteiger partial charge in [-0.05, 0) is 44.0 Å². The lowest BCUT2D eigenvalue weighted by Crippen LogP contribution is -2.50. The van der Waals surface area contributed by atoms with Crippen molar-refractivity contribution in [3.05, 3.63) is 28.7 Å². The third kappa shape index (κ3) is 7.13. The van der Waals surface area contributed by atoms with Crippen molar-refractivity contribution in [3.8, 4) is 0 Å². The van der Waals surface area contributed by atoms with E-state index in [1.54, 1.807) is 39.8 Å². The molecule has 0 unspecified atom stereocenters. The van der Waals surface area contributed by atoms with Gasteiger partial charge in [-0.25, -0.2) is 8.42 Å². The summed E-state index contributed by atoms with van der Waals surface area (Å²) in [4.78, 5) is 23.8. The lowest BCUT2D eigenvalue weighted by atomic mass is 10.1. The Balaban J connectivity index is 2.80. The number of carbonyl (C=O) groups excluding carboxylic acids is 2. The van der Waals surface area contributed by atoms with Gasteiger partial charge in [0.15, 0.2) is 0 Å². The first-order valence-electron chi connectivity index (χ1n) is 7.78. The molecule has 0 saturated heterocycles. The van der Waals surface area contributed by atoms with Crippen LogP contribution < -0.4 is 10.0 Å². The fraction of sp³-hybridized carbons (Fsp3) is 0.500. The molecular formula is C16H23BrN2O5S. The Morgan fingerprint density at radius 3 is 2.16 bits per heavy atom. The standard InChI is InChI=1S/C16H23BrN2O5S/c1-10(2)15(16(21)18-9-14(20)24-11(3)4)19-25(22,23)13-7-5-12(17)6-8-13/h5-8,10-11,15,19H,9H2,1-4H3,(H,18,21)/t15-/m0/s1. The van der Waals surface area contributed by atoms with Gasteiger partial charge in [-0.3, -0.25) is 9.59 Å². The third-order valence-electron chi connectivity index (χ3n) is 3.13. The van der Waals surface area contributed by atoms with Crippen molar-refractivity contribution in [2.75, 3.05) is 6.54 Å². The number of ether oxygens (including phenoxy) is 1. The summed E-state index contributed by atoms with van der Waals surface area (Å²) in [5.41, 5.74) is 0. The number of esters is 1. The molecular weight excluding hydrogens is 412 g/mol. The number of rotatable bonds is 8. The minimum atomic E-state index is -3.87. The molecule has 0 heterocycles. The summed E-state index contributed by atoms with van der Waals surface area (Å²) in [6, 6.07) is 5.05. The van der Waals surface area contributed by atoms with E-state index in [1.807, 2.05) is 0 Å². The van der Waals surface area contributed by atoms with Gasteiger partial charge < -0.3 is 10.1 Å². The number of nitrogens with one attached hydrogen (secondary N) is 2. The van der Waals surface area contributed by atoms with Gasteiger partial charge in [0.2, 0.25) is 15.9 Å². The Bertz CT molecular complexity index is 702. The number of hydrogen-bond donors (Lipinski definition) is 2. The molecule has 140 valence electrons. The number of hydrogen-bond acceptors (Lipinski definition) is 5. The molecule has 1 aromatic carbocycles. The van der Waals surface area contributed by atoms with E-state index in [4.69, 9.17) is 4.74 Å². The van der Waals surface area contributed by atoms with Gasteiger partial charge in [0, 0.05) is 4.47 Å². The maximum Gasteiger partial charge on any atom is 0.325 e. The molecule has 0 aliphatic carbocycles. The molecule has 25 heavy (non-hydrogen) atoms. The predicted octanol–water partition coefficient (Wildman–Crippen LogP) is 1.82. The molecule has 9 heteroatoms. The molecule has 1 aromatic rings. The van der Waals surface area contributed by atoms with Crippen molar-refractivity contribution < 1.29 is 22.7 Å². The van der Waals surface area contributed by atoms with E-state index >= 15 is 0 Å². The summed E-state index contributed by atoms with van der Waals surface area (Å²) in [5, 5.41) is 2.40. The average Bonchev–Trinajstić information content (AvgIpc) is 2.50. The molecule has 1 amide bonds. The number of halogens is 1. The number of amides is 1. The lowest BCUT2D eigenvalue weighted by molar-refractivity contribution is -0.147. The van der Waals surface area contributed by atoms with Gasteiger partial charge in [-0.1, -0.05) is 29.8 Å². The zero-order valence-electron chi connectivity index (χ0n) is 14.6. The van der Waals surface area contributed by atoms with Crippen LogP contribution in [0, 0.1) is 5.92 Å². The van der Waals surface area contributed by atoms with Crippen LogP contribution in [0.3, 0.4) is 0 Å². The van der Waals surface area contributed by atoms with Crippen molar-refractivity contribution in [3.63, 3.8) is 0 Å². The quantitative estimate of drug-likeness (QED) is 0.607. The van der Waals surface area contributed by atoms with E-state index < -0.39 is 27.9 Å². The molecule has 0 radical (unpaired) electrons. The Morgan fingerprint density at radius 2 is 1.68 bits per heavy atom. The average molecular weight is 435 g/mol. The van der Waals surface area contributed by atoms with Crippen LogP contribution in [0.15, 0.2) is 33.6 Å². The summed E-state index contributed by atoms with van der Waals surface area (Å²) < 4.78 is 33.0. The highest BCUT2D eigenvalue weighted by molar-refractivity contribution is 9.10. The number of benzene rings is 1. The molecule has 7 nitrogen and oxygen atoms in total. The first kappa shape index (κ1) is 21.6. The number of sulfonamides is 1. The second-order valence-corrected chi connectivity index (χ2v) is 8.68. The van der Waals surface area contributed by atoms with Gasteiger partial charge >= 0.3 is 5.97 Å². The van der Waals surface area contributed by atoms with Gasteiger partial charge in [0.05, 0.1) is 11.0 Å². The van der Waals surface area contributed by atoms with Gasteiger partial charge in [0.1, 0.15) is 12.6 Å². The van der Waals surface area contributed by atoms with Crippen LogP contribution in [0.2, 0.25) is 0 Å². The topological polar surface area (TPSA) is 102 Å². The Labute approximate surface area is 156 Å². The van der Waals surface area contributed by atoms with Crippen molar-refractivity contribution in [1.82, 2.24) is 10.0 Å². The molecule has 0 aliphatic heterocycles. The smallest absolute Gasteiger partial charge is 0.325 e. The Kier molecular flexibility index (Phi) is 8.04. The lowest BCUT2D eigenvalue weighted by Gasteiger charge is -2.21. The van der Waals surface area contributed by atoms with Crippen molar-refractivity contribution in [2.24, 2.45) is 5.92 Å². The first-order valence-corrected chi connectivity index (χ1v) is 10.1. The van der Waals surface area contributed by atoms with E-state index in [9.17, 15) is 18.0 Å². The molecule has 0 fully saturated rings. The molecule has 0 aliphatic rings. The van der Waals surface area contributed by atoms with Gasteiger partial charge in [-0.15, -0.1) is 0 Å². The van der Waals surface area contributed by atoms with Crippen LogP contribution >= 0.6 is 15.9 Å². The van der Waals surface area contributed by atoms with E-state index in [0.717, 1.165) is 4.47 Å². The largest absolute Gasteiger partial charge is 0.462 e. The minimum absolute atomic E-state index is 0.0494. The summed E-state index contributed by atoms with van der Waals surface area (Å²) in [5.74, 6) is -1.48. The van der Waals surface area contributed by atoms with Crippen molar-refractivity contribution in [1.29, 1.82) is 0 Å². The zero-order chi connectivity index (χ0) is 19.2. The Morgan fingerprint density at radius 1 is 1.12 bits per heavy atom. The third-order valence-corrected chi connectivity index (χ3v) is 5.11. The molecule has 0 saturated carbocycles. The van der Waals surface area contributed by atoms with E-state index in [0.29, 0.717) is 0 Å². The SMILES string of the molecule is CC(C)OC(=O)CNC(=O)[C@@H](NS(=O)(=O)c1ccc(Br)cc1)C(C)C. The molecule has 1 atom stereocenters. The van der Waals surface area contributed by atoms with E-state index in [-0.39, 0.29) is 23.5 Å². The second-order valence-electron chi connectivity index (χ2n) is 6.05. The maximum atomic E-state index is 12.4. The molecule has 1 rings (SSSR count). The summed E-state index contributed by atoms with van der Waals surface area (Å²) in [7, 11) is -3.87. The fourth-order valence-corrected chi connectivity index (χ4v) is 3.52. The van der Waals surface area contributed by atoms with Gasteiger partial charge in [-0.2, -0.15) is 4.72 Å². The summed E-state index contributed by atoms with van der Waals surface area (Å²) in [6.07, 6.45) is -0.291. The molecule has 0 spiro atoms. The van der Waals surface area contributed by atoms with Gasteiger partial charge in [0.25, 0.3) is 0 Å². The molecule has 0 aromatic heterocycles. The maximum absolute atomic E-state index is 12.4. The fourth-order valence-electron chi connectivity index (χ4n) is 1.92.